The molecule has 2 aromatic rings. The second-order valence-corrected chi connectivity index (χ2v) is 6.80. The lowest BCUT2D eigenvalue weighted by Crippen LogP contribution is -2.64. The quantitative estimate of drug-likeness (QED) is 0.861. The van der Waals surface area contributed by atoms with E-state index in [0.29, 0.717) is 24.3 Å². The summed E-state index contributed by atoms with van der Waals surface area (Å²) >= 11 is 0. The molecular weight excluding hydrogens is 332 g/mol. The molecule has 6 heteroatoms. The molecule has 134 valence electrons. The number of hydrogen-bond donors (Lipinski definition) is 1. The molecule has 0 aliphatic carbocycles. The smallest absolute Gasteiger partial charge is 0.337 e. The highest BCUT2D eigenvalue weighted by Crippen LogP contribution is 2.44. The Morgan fingerprint density at radius 2 is 2.08 bits per heavy atom. The van der Waals surface area contributed by atoms with Crippen LogP contribution in [-0.4, -0.2) is 29.7 Å². The van der Waals surface area contributed by atoms with E-state index in [1.165, 1.54) is 7.11 Å². The summed E-state index contributed by atoms with van der Waals surface area (Å²) < 4.78 is 11.0. The molecule has 6 nitrogen and oxygen atoms in total. The summed E-state index contributed by atoms with van der Waals surface area (Å²) in [5, 5.41) is 3.04. The van der Waals surface area contributed by atoms with Gasteiger partial charge in [0.1, 0.15) is 5.75 Å². The molecule has 1 N–H and O–H groups in total. The average Bonchev–Trinajstić information content (AvgIpc) is 2.65. The van der Waals surface area contributed by atoms with Gasteiger partial charge in [-0.2, -0.15) is 0 Å². The number of methoxy groups -OCH3 is 1. The molecule has 1 saturated heterocycles. The summed E-state index contributed by atoms with van der Waals surface area (Å²) in [5.41, 5.74) is 1.54. The lowest BCUT2D eigenvalue weighted by Gasteiger charge is -2.50. The molecule has 4 rings (SSSR count). The first-order valence-electron chi connectivity index (χ1n) is 8.53. The summed E-state index contributed by atoms with van der Waals surface area (Å²) in [6, 6.07) is 14.6. The van der Waals surface area contributed by atoms with Gasteiger partial charge in [-0.1, -0.05) is 30.3 Å². The highest BCUT2D eigenvalue weighted by molar-refractivity contribution is 5.90. The van der Waals surface area contributed by atoms with E-state index in [2.05, 4.69) is 5.32 Å². The first kappa shape index (κ1) is 16.4. The molecule has 26 heavy (non-hydrogen) atoms. The lowest BCUT2D eigenvalue weighted by molar-refractivity contribution is -0.0879. The number of carbonyl (C=O) groups is 2. The third-order valence-corrected chi connectivity index (χ3v) is 5.02. The predicted octanol–water partition coefficient (Wildman–Crippen LogP) is 3.24. The molecule has 0 aromatic heterocycles. The molecule has 2 aliphatic rings. The van der Waals surface area contributed by atoms with E-state index in [9.17, 15) is 9.59 Å². The van der Waals surface area contributed by atoms with Gasteiger partial charge in [0.2, 0.25) is 0 Å². The van der Waals surface area contributed by atoms with Gasteiger partial charge in [0.05, 0.1) is 25.3 Å². The van der Waals surface area contributed by atoms with Crippen molar-refractivity contribution in [1.29, 1.82) is 0 Å². The van der Waals surface area contributed by atoms with E-state index in [1.54, 1.807) is 23.1 Å². The van der Waals surface area contributed by atoms with Crippen LogP contribution < -0.4 is 10.1 Å². The van der Waals surface area contributed by atoms with E-state index in [1.807, 2.05) is 37.3 Å². The first-order chi connectivity index (χ1) is 12.5. The fourth-order valence-corrected chi connectivity index (χ4v) is 3.67. The van der Waals surface area contributed by atoms with E-state index in [0.717, 1.165) is 11.1 Å². The van der Waals surface area contributed by atoms with Gasteiger partial charge >= 0.3 is 12.0 Å². The Labute approximate surface area is 151 Å². The highest BCUT2D eigenvalue weighted by Gasteiger charge is 2.49. The standard InChI is InChI=1S/C20H20N2O4/c1-20-11-16(15-10-14(18(23)25-2)8-9-17(15)26-20)21-19(24)22(20)12-13-6-4-3-5-7-13/h3-10,16H,11-12H2,1-2H3,(H,21,24)/t16-,20+/m0/s1. The zero-order chi connectivity index (χ0) is 18.3. The average molecular weight is 352 g/mol. The van der Waals surface area contributed by atoms with Gasteiger partial charge < -0.3 is 14.8 Å². The minimum atomic E-state index is -0.747. The molecule has 0 spiro atoms. The monoisotopic (exact) mass is 352 g/mol. The number of urea groups is 1. The van der Waals surface area contributed by atoms with Crippen LogP contribution in [0.15, 0.2) is 48.5 Å². The largest absolute Gasteiger partial charge is 0.468 e. The van der Waals surface area contributed by atoms with Gasteiger partial charge in [-0.25, -0.2) is 9.59 Å². The number of benzene rings is 2. The number of esters is 1. The van der Waals surface area contributed by atoms with Gasteiger partial charge in [0, 0.05) is 12.0 Å². The van der Waals surface area contributed by atoms with Crippen molar-refractivity contribution < 1.29 is 19.1 Å². The minimum absolute atomic E-state index is 0.179. The second kappa shape index (κ2) is 6.05. The number of nitrogens with zero attached hydrogens (tertiary/aromatic N) is 1. The zero-order valence-electron chi connectivity index (χ0n) is 14.7. The molecular formula is C20H20N2O4. The summed E-state index contributed by atoms with van der Waals surface area (Å²) in [4.78, 5) is 26.3. The van der Waals surface area contributed by atoms with Crippen LogP contribution in [0.4, 0.5) is 4.79 Å². The molecule has 2 aliphatic heterocycles. The van der Waals surface area contributed by atoms with Gasteiger partial charge in [-0.3, -0.25) is 4.90 Å². The molecule has 0 unspecified atom stereocenters. The van der Waals surface area contributed by atoms with Crippen LogP contribution in [0.2, 0.25) is 0 Å². The summed E-state index contributed by atoms with van der Waals surface area (Å²) in [6.45, 7) is 2.39. The van der Waals surface area contributed by atoms with Crippen molar-refractivity contribution in [1.82, 2.24) is 10.2 Å². The number of fused-ring (bicyclic) bond motifs is 4. The topological polar surface area (TPSA) is 67.9 Å². The van der Waals surface area contributed by atoms with E-state index < -0.39 is 11.7 Å². The third kappa shape index (κ3) is 2.67. The zero-order valence-corrected chi connectivity index (χ0v) is 14.7. The number of hydrogen-bond acceptors (Lipinski definition) is 4. The molecule has 1 fully saturated rings. The van der Waals surface area contributed by atoms with Gasteiger partial charge in [-0.05, 0) is 30.7 Å². The van der Waals surface area contributed by atoms with Gasteiger partial charge in [-0.15, -0.1) is 0 Å². The SMILES string of the molecule is COC(=O)c1ccc2c(c1)[C@@H]1C[C@@](C)(O2)N(Cc2ccccc2)C(=O)N1. The summed E-state index contributed by atoms with van der Waals surface area (Å²) in [5.74, 6) is 0.267. The van der Waals surface area contributed by atoms with Crippen molar-refractivity contribution in [3.63, 3.8) is 0 Å². The van der Waals surface area contributed by atoms with Crippen LogP contribution >= 0.6 is 0 Å². The molecule has 2 bridgehead atoms. The number of rotatable bonds is 3. The van der Waals surface area contributed by atoms with E-state index >= 15 is 0 Å². The molecule has 2 aromatic carbocycles. The Hall–Kier alpha value is -3.02. The second-order valence-electron chi connectivity index (χ2n) is 6.80. The van der Waals surface area contributed by atoms with Crippen molar-refractivity contribution in [3.05, 3.63) is 65.2 Å². The van der Waals surface area contributed by atoms with Crippen molar-refractivity contribution in [2.45, 2.75) is 31.7 Å². The molecule has 2 amide bonds. The maximum Gasteiger partial charge on any atom is 0.337 e. The number of ether oxygens (including phenoxy) is 2. The Bertz CT molecular complexity index is 867. The molecule has 0 radical (unpaired) electrons. The Morgan fingerprint density at radius 1 is 1.31 bits per heavy atom. The van der Waals surface area contributed by atoms with Gasteiger partial charge in [0.15, 0.2) is 5.72 Å². The summed E-state index contributed by atoms with van der Waals surface area (Å²) in [6.07, 6.45) is 0.600. The fourth-order valence-electron chi connectivity index (χ4n) is 3.67. The van der Waals surface area contributed by atoms with Crippen LogP contribution in [-0.2, 0) is 11.3 Å². The first-order valence-corrected chi connectivity index (χ1v) is 8.53. The summed E-state index contributed by atoms with van der Waals surface area (Å²) in [7, 11) is 1.35. The minimum Gasteiger partial charge on any atom is -0.468 e. The van der Waals surface area contributed by atoms with Gasteiger partial charge in [0.25, 0.3) is 0 Å². The number of amides is 2. The van der Waals surface area contributed by atoms with Crippen LogP contribution in [0, 0.1) is 0 Å². The highest BCUT2D eigenvalue weighted by atomic mass is 16.5. The van der Waals surface area contributed by atoms with Crippen molar-refractivity contribution >= 4 is 12.0 Å². The molecule has 2 atom stereocenters. The Kier molecular flexibility index (Phi) is 3.83. The fraction of sp³-hybridized carbons (Fsp3) is 0.300. The van der Waals surface area contributed by atoms with Crippen molar-refractivity contribution in [3.8, 4) is 5.75 Å². The van der Waals surface area contributed by atoms with Crippen LogP contribution in [0.25, 0.3) is 0 Å². The molecule has 2 heterocycles. The maximum atomic E-state index is 12.7. The van der Waals surface area contributed by atoms with Crippen molar-refractivity contribution in [2.75, 3.05) is 7.11 Å². The van der Waals surface area contributed by atoms with Crippen LogP contribution in [0.5, 0.6) is 5.75 Å². The Balaban J connectivity index is 1.67. The number of carbonyl (C=O) groups excluding carboxylic acids is 2. The van der Waals surface area contributed by atoms with Crippen LogP contribution in [0.1, 0.15) is 40.9 Å². The normalized spacial score (nSPS) is 23.5. The number of nitrogens with one attached hydrogen (secondary N) is 1. The predicted molar refractivity (Wildman–Crippen MR) is 94.7 cm³/mol. The maximum absolute atomic E-state index is 12.7. The van der Waals surface area contributed by atoms with E-state index in [4.69, 9.17) is 9.47 Å². The lowest BCUT2D eigenvalue weighted by atomic mass is 9.89. The third-order valence-electron chi connectivity index (χ3n) is 5.02. The van der Waals surface area contributed by atoms with E-state index in [-0.39, 0.29) is 12.1 Å². The van der Waals surface area contributed by atoms with Crippen molar-refractivity contribution in [2.24, 2.45) is 0 Å². The van der Waals surface area contributed by atoms with Crippen LogP contribution in [0.3, 0.4) is 0 Å². The Morgan fingerprint density at radius 3 is 2.81 bits per heavy atom. The molecule has 0 saturated carbocycles.